The molecule has 2 aromatic carbocycles. The van der Waals surface area contributed by atoms with Crippen molar-refractivity contribution >= 4 is 50.7 Å². The lowest BCUT2D eigenvalue weighted by Gasteiger charge is -2.32. The third-order valence-corrected chi connectivity index (χ3v) is 7.40. The minimum atomic E-state index is -3.93. The van der Waals surface area contributed by atoms with Crippen molar-refractivity contribution in [1.82, 2.24) is 10.2 Å². The van der Waals surface area contributed by atoms with Crippen molar-refractivity contribution in [2.75, 3.05) is 37.9 Å². The van der Waals surface area contributed by atoms with Crippen molar-refractivity contribution in [2.45, 2.75) is 39.3 Å². The number of unbranched alkanes of at least 4 members (excludes halogenated alkanes) is 1. The molecule has 0 spiro atoms. The fraction of sp³-hybridized carbons (Fsp3) is 0.440. The normalized spacial score (nSPS) is 12.0. The van der Waals surface area contributed by atoms with E-state index in [1.807, 2.05) is 6.92 Å². The van der Waals surface area contributed by atoms with E-state index in [4.69, 9.17) is 32.7 Å². The van der Waals surface area contributed by atoms with E-state index in [1.165, 1.54) is 37.3 Å². The lowest BCUT2D eigenvalue weighted by atomic mass is 10.1. The van der Waals surface area contributed by atoms with Gasteiger partial charge in [0.1, 0.15) is 24.1 Å². The number of nitrogens with zero attached hydrogens (tertiary/aromatic N) is 2. The summed E-state index contributed by atoms with van der Waals surface area (Å²) in [6.45, 7) is 3.44. The van der Waals surface area contributed by atoms with E-state index in [1.54, 1.807) is 25.1 Å². The summed E-state index contributed by atoms with van der Waals surface area (Å²) in [6, 6.07) is 8.50. The van der Waals surface area contributed by atoms with Gasteiger partial charge >= 0.3 is 0 Å². The van der Waals surface area contributed by atoms with Crippen molar-refractivity contribution in [1.29, 1.82) is 0 Å². The topological polar surface area (TPSA) is 105 Å². The molecule has 9 nitrogen and oxygen atoms in total. The molecule has 0 aliphatic rings. The van der Waals surface area contributed by atoms with Crippen molar-refractivity contribution in [3.8, 4) is 11.5 Å². The summed E-state index contributed by atoms with van der Waals surface area (Å²) >= 11 is 12.4. The number of carbonyl (C=O) groups excluding carboxylic acids is 2. The Balaban J connectivity index is 2.46. The molecule has 0 unspecified atom stereocenters. The first-order chi connectivity index (χ1) is 17.4. The minimum Gasteiger partial charge on any atom is -0.497 e. The van der Waals surface area contributed by atoms with Crippen LogP contribution in [0.3, 0.4) is 0 Å². The summed E-state index contributed by atoms with van der Waals surface area (Å²) in [7, 11) is -1.07. The number of nitrogens with one attached hydrogen (secondary N) is 1. The number of halogens is 2. The highest BCUT2D eigenvalue weighted by Gasteiger charge is 2.31. The summed E-state index contributed by atoms with van der Waals surface area (Å²) in [4.78, 5) is 27.8. The van der Waals surface area contributed by atoms with E-state index in [0.29, 0.717) is 27.9 Å². The van der Waals surface area contributed by atoms with Gasteiger partial charge < -0.3 is 19.7 Å². The molecule has 2 aromatic rings. The third kappa shape index (κ3) is 8.41. The number of benzene rings is 2. The fourth-order valence-electron chi connectivity index (χ4n) is 3.54. The second-order valence-electron chi connectivity index (χ2n) is 8.39. The van der Waals surface area contributed by atoms with Crippen LogP contribution in [0.25, 0.3) is 0 Å². The number of ether oxygens (including phenoxy) is 2. The first-order valence-corrected chi connectivity index (χ1v) is 14.2. The number of hydrogen-bond donors (Lipinski definition) is 1. The molecule has 0 aliphatic heterocycles. The van der Waals surface area contributed by atoms with Crippen LogP contribution in [0.5, 0.6) is 11.5 Å². The quantitative estimate of drug-likeness (QED) is 0.361. The molecule has 12 heteroatoms. The zero-order valence-electron chi connectivity index (χ0n) is 21.6. The Morgan fingerprint density at radius 2 is 1.78 bits per heavy atom. The van der Waals surface area contributed by atoms with Gasteiger partial charge in [-0.25, -0.2) is 8.42 Å². The van der Waals surface area contributed by atoms with Gasteiger partial charge in [-0.2, -0.15) is 0 Å². The average Bonchev–Trinajstić information content (AvgIpc) is 2.85. The number of hydrogen-bond acceptors (Lipinski definition) is 6. The predicted octanol–water partition coefficient (Wildman–Crippen LogP) is 4.11. The zero-order chi connectivity index (χ0) is 27.8. The molecular formula is C25H33Cl2N3O6S. The van der Waals surface area contributed by atoms with Crippen LogP contribution in [0.4, 0.5) is 5.69 Å². The molecule has 2 amide bonds. The standard InChI is InChI=1S/C25H33Cl2N3O6S/c1-6-7-12-28-25(32)17(2)29(15-18-8-9-19(26)13-21(18)27)24(31)16-30(37(5,33)34)22-11-10-20(35-3)14-23(22)36-4/h8-11,13-14,17H,6-7,12,15-16H2,1-5H3,(H,28,32)/t17-/m0/s1. The summed E-state index contributed by atoms with van der Waals surface area (Å²) in [5.74, 6) is -0.306. The molecule has 0 bridgehead atoms. The Labute approximate surface area is 228 Å². The van der Waals surface area contributed by atoms with Gasteiger partial charge in [0.15, 0.2) is 0 Å². The van der Waals surface area contributed by atoms with Gasteiger partial charge in [-0.3, -0.25) is 13.9 Å². The highest BCUT2D eigenvalue weighted by Crippen LogP contribution is 2.34. The first kappa shape index (κ1) is 30.5. The maximum Gasteiger partial charge on any atom is 0.244 e. The van der Waals surface area contributed by atoms with E-state index in [0.717, 1.165) is 23.4 Å². The zero-order valence-corrected chi connectivity index (χ0v) is 23.9. The number of rotatable bonds is 13. The highest BCUT2D eigenvalue weighted by molar-refractivity contribution is 7.92. The predicted molar refractivity (Wildman–Crippen MR) is 146 cm³/mol. The molecule has 0 saturated carbocycles. The molecule has 0 aromatic heterocycles. The van der Waals surface area contributed by atoms with Crippen molar-refractivity contribution in [3.63, 3.8) is 0 Å². The molecule has 0 heterocycles. The molecule has 0 aliphatic carbocycles. The molecule has 1 atom stereocenters. The Kier molecular flexibility index (Phi) is 11.3. The van der Waals surface area contributed by atoms with Gasteiger partial charge in [-0.1, -0.05) is 42.6 Å². The smallest absolute Gasteiger partial charge is 0.244 e. The number of anilines is 1. The lowest BCUT2D eigenvalue weighted by molar-refractivity contribution is -0.139. The first-order valence-electron chi connectivity index (χ1n) is 11.6. The van der Waals surface area contributed by atoms with E-state index in [9.17, 15) is 18.0 Å². The van der Waals surface area contributed by atoms with Crippen LogP contribution in [0, 0.1) is 0 Å². The van der Waals surface area contributed by atoms with Gasteiger partial charge in [-0.15, -0.1) is 0 Å². The Morgan fingerprint density at radius 3 is 2.35 bits per heavy atom. The molecular weight excluding hydrogens is 541 g/mol. The molecule has 0 radical (unpaired) electrons. The Bertz CT molecular complexity index is 1210. The van der Waals surface area contributed by atoms with Crippen LogP contribution >= 0.6 is 23.2 Å². The average molecular weight is 575 g/mol. The summed E-state index contributed by atoms with van der Waals surface area (Å²) < 4.78 is 37.1. The van der Waals surface area contributed by atoms with Crippen LogP contribution in [-0.4, -0.2) is 64.7 Å². The highest BCUT2D eigenvalue weighted by atomic mass is 35.5. The van der Waals surface area contributed by atoms with Crippen molar-refractivity contribution < 1.29 is 27.5 Å². The summed E-state index contributed by atoms with van der Waals surface area (Å²) in [5, 5.41) is 3.56. The Morgan fingerprint density at radius 1 is 1.08 bits per heavy atom. The van der Waals surface area contributed by atoms with E-state index in [2.05, 4.69) is 5.32 Å². The van der Waals surface area contributed by atoms with Crippen LogP contribution in [-0.2, 0) is 26.2 Å². The van der Waals surface area contributed by atoms with Gasteiger partial charge in [0.2, 0.25) is 21.8 Å². The van der Waals surface area contributed by atoms with Crippen molar-refractivity contribution in [2.24, 2.45) is 0 Å². The molecule has 0 fully saturated rings. The fourth-order valence-corrected chi connectivity index (χ4v) is 4.86. The monoisotopic (exact) mass is 573 g/mol. The van der Waals surface area contributed by atoms with E-state index >= 15 is 0 Å². The minimum absolute atomic E-state index is 0.0332. The molecule has 0 saturated heterocycles. The summed E-state index contributed by atoms with van der Waals surface area (Å²) in [6.07, 6.45) is 2.67. The number of sulfonamides is 1. The largest absolute Gasteiger partial charge is 0.497 e. The van der Waals surface area contributed by atoms with Crippen LogP contribution < -0.4 is 19.1 Å². The SMILES string of the molecule is CCCCNC(=O)[C@H](C)N(Cc1ccc(Cl)cc1Cl)C(=O)CN(c1ccc(OC)cc1OC)S(C)(=O)=O. The number of amides is 2. The number of carbonyl (C=O) groups is 2. The number of methoxy groups -OCH3 is 2. The summed E-state index contributed by atoms with van der Waals surface area (Å²) in [5.41, 5.74) is 0.712. The van der Waals surface area contributed by atoms with E-state index < -0.39 is 28.5 Å². The molecule has 2 rings (SSSR count). The second-order valence-corrected chi connectivity index (χ2v) is 11.1. The Hall–Kier alpha value is -2.69. The van der Waals surface area contributed by atoms with Gasteiger partial charge in [0.05, 0.1) is 26.2 Å². The van der Waals surface area contributed by atoms with E-state index in [-0.39, 0.29) is 23.9 Å². The molecule has 204 valence electrons. The second kappa shape index (κ2) is 13.7. The maximum absolute atomic E-state index is 13.7. The third-order valence-electron chi connectivity index (χ3n) is 5.69. The molecule has 1 N–H and O–H groups in total. The van der Waals surface area contributed by atoms with Gasteiger partial charge in [0, 0.05) is 29.2 Å². The molecule has 37 heavy (non-hydrogen) atoms. The van der Waals surface area contributed by atoms with Crippen LogP contribution in [0.15, 0.2) is 36.4 Å². The van der Waals surface area contributed by atoms with Gasteiger partial charge in [0.25, 0.3) is 0 Å². The van der Waals surface area contributed by atoms with Crippen LogP contribution in [0.1, 0.15) is 32.3 Å². The van der Waals surface area contributed by atoms with Crippen LogP contribution in [0.2, 0.25) is 10.0 Å². The van der Waals surface area contributed by atoms with Crippen molar-refractivity contribution in [3.05, 3.63) is 52.0 Å². The lowest BCUT2D eigenvalue weighted by Crippen LogP contribution is -2.51. The van der Waals surface area contributed by atoms with Gasteiger partial charge in [-0.05, 0) is 43.2 Å². The maximum atomic E-state index is 13.7.